The zero-order valence-corrected chi connectivity index (χ0v) is 19.3. The van der Waals surface area contributed by atoms with Crippen LogP contribution in [0.4, 0.5) is 0 Å². The van der Waals surface area contributed by atoms with E-state index in [-0.39, 0.29) is 23.5 Å². The molecular formula is C19H39NO5Si. The Morgan fingerprint density at radius 2 is 1.69 bits per heavy atom. The average Bonchev–Trinajstić information content (AvgIpc) is 2.68. The molecule has 1 rings (SSSR count). The van der Waals surface area contributed by atoms with Gasteiger partial charge in [0.2, 0.25) is 0 Å². The maximum absolute atomic E-state index is 12.1. The average molecular weight is 390 g/mol. The summed E-state index contributed by atoms with van der Waals surface area (Å²) in [5.41, 5.74) is 5.75. The summed E-state index contributed by atoms with van der Waals surface area (Å²) in [5, 5.41) is 0.107. The first-order chi connectivity index (χ1) is 11.4. The molecule has 1 aliphatic rings. The third-order valence-electron chi connectivity index (χ3n) is 4.88. The molecule has 0 bridgehead atoms. The Morgan fingerprint density at radius 1 is 1.15 bits per heavy atom. The van der Waals surface area contributed by atoms with Gasteiger partial charge in [0.1, 0.15) is 17.8 Å². The van der Waals surface area contributed by atoms with Gasteiger partial charge in [0.05, 0.1) is 13.0 Å². The second-order valence-corrected chi connectivity index (χ2v) is 15.0. The topological polar surface area (TPSA) is 80.0 Å². The van der Waals surface area contributed by atoms with Gasteiger partial charge < -0.3 is 24.4 Å². The van der Waals surface area contributed by atoms with Crippen molar-refractivity contribution in [1.82, 2.24) is 0 Å². The molecule has 0 unspecified atom stereocenters. The predicted molar refractivity (Wildman–Crippen MR) is 105 cm³/mol. The number of rotatable bonds is 6. The zero-order valence-electron chi connectivity index (χ0n) is 18.3. The fourth-order valence-corrected chi connectivity index (χ4v) is 3.57. The molecule has 0 aromatic carbocycles. The normalized spacial score (nSPS) is 25.2. The quantitative estimate of drug-likeness (QED) is 0.552. The highest BCUT2D eigenvalue weighted by Crippen LogP contribution is 2.38. The Bertz CT molecular complexity index is 493. The highest BCUT2D eigenvalue weighted by atomic mass is 28.4. The van der Waals surface area contributed by atoms with E-state index in [4.69, 9.17) is 24.4 Å². The number of ether oxygens (including phenoxy) is 3. The van der Waals surface area contributed by atoms with Gasteiger partial charge in [-0.2, -0.15) is 0 Å². The van der Waals surface area contributed by atoms with Gasteiger partial charge in [-0.3, -0.25) is 4.79 Å². The van der Waals surface area contributed by atoms with Crippen molar-refractivity contribution in [3.63, 3.8) is 0 Å². The Labute approximate surface area is 160 Å². The first kappa shape index (κ1) is 23.6. The van der Waals surface area contributed by atoms with Crippen molar-refractivity contribution in [1.29, 1.82) is 0 Å². The van der Waals surface area contributed by atoms with E-state index in [0.29, 0.717) is 6.61 Å². The van der Waals surface area contributed by atoms with E-state index in [1.807, 2.05) is 34.6 Å². The number of hydrogen-bond acceptors (Lipinski definition) is 6. The molecule has 26 heavy (non-hydrogen) atoms. The van der Waals surface area contributed by atoms with Gasteiger partial charge in [0.15, 0.2) is 14.1 Å². The van der Waals surface area contributed by atoms with E-state index < -0.39 is 31.9 Å². The van der Waals surface area contributed by atoms with Crippen LogP contribution in [0.15, 0.2) is 0 Å². The molecule has 1 heterocycles. The van der Waals surface area contributed by atoms with Crippen LogP contribution in [-0.2, 0) is 23.4 Å². The van der Waals surface area contributed by atoms with Crippen LogP contribution in [0.5, 0.6) is 0 Å². The first-order valence-corrected chi connectivity index (χ1v) is 12.3. The second-order valence-electron chi connectivity index (χ2n) is 10.2. The minimum Gasteiger partial charge on any atom is -0.460 e. The number of carbonyl (C=O) groups is 1. The van der Waals surface area contributed by atoms with Crippen molar-refractivity contribution >= 4 is 14.3 Å². The molecule has 0 amide bonds. The van der Waals surface area contributed by atoms with Crippen molar-refractivity contribution < 1.29 is 23.4 Å². The van der Waals surface area contributed by atoms with Crippen molar-refractivity contribution in [2.75, 3.05) is 6.61 Å². The molecule has 0 saturated carbocycles. The van der Waals surface area contributed by atoms with Crippen LogP contribution in [-0.4, -0.2) is 50.5 Å². The van der Waals surface area contributed by atoms with Gasteiger partial charge in [-0.15, -0.1) is 0 Å². The molecule has 1 aliphatic heterocycles. The maximum atomic E-state index is 12.1. The van der Waals surface area contributed by atoms with E-state index >= 15 is 0 Å². The Balaban J connectivity index is 2.76. The third kappa shape index (κ3) is 6.92. The lowest BCUT2D eigenvalue weighted by molar-refractivity contribution is -0.159. The van der Waals surface area contributed by atoms with Crippen molar-refractivity contribution in [2.24, 2.45) is 5.73 Å². The van der Waals surface area contributed by atoms with Crippen LogP contribution in [0.25, 0.3) is 0 Å². The van der Waals surface area contributed by atoms with E-state index in [2.05, 4.69) is 33.9 Å². The van der Waals surface area contributed by atoms with Crippen molar-refractivity contribution in [2.45, 2.75) is 110 Å². The Hall–Kier alpha value is -0.473. The highest BCUT2D eigenvalue weighted by Gasteiger charge is 2.46. The third-order valence-corrected chi connectivity index (χ3v) is 9.38. The summed E-state index contributed by atoms with van der Waals surface area (Å²) >= 11 is 0. The molecule has 2 N–H and O–H groups in total. The minimum atomic E-state index is -1.91. The molecule has 0 aromatic rings. The van der Waals surface area contributed by atoms with E-state index in [1.165, 1.54) is 0 Å². The number of nitrogens with two attached hydrogens (primary N) is 1. The van der Waals surface area contributed by atoms with Crippen LogP contribution in [0.2, 0.25) is 18.1 Å². The largest absolute Gasteiger partial charge is 0.460 e. The number of carbonyl (C=O) groups excluding carboxylic acids is 1. The maximum Gasteiger partial charge on any atom is 0.307 e. The molecule has 154 valence electrons. The monoisotopic (exact) mass is 389 g/mol. The summed E-state index contributed by atoms with van der Waals surface area (Å²) in [6.45, 7) is 20.6. The Kier molecular flexibility index (Phi) is 7.14. The highest BCUT2D eigenvalue weighted by molar-refractivity contribution is 6.74. The van der Waals surface area contributed by atoms with E-state index in [0.717, 1.165) is 0 Å². The molecule has 0 spiro atoms. The molecule has 0 aliphatic carbocycles. The van der Waals surface area contributed by atoms with Crippen LogP contribution >= 0.6 is 0 Å². The summed E-state index contributed by atoms with van der Waals surface area (Å²) in [6, 6.07) is -0.514. The predicted octanol–water partition coefficient (Wildman–Crippen LogP) is 3.59. The lowest BCUT2D eigenvalue weighted by Crippen LogP contribution is -2.48. The lowest BCUT2D eigenvalue weighted by atomic mass is 10.0. The van der Waals surface area contributed by atoms with Gasteiger partial charge in [-0.25, -0.2) is 0 Å². The van der Waals surface area contributed by atoms with Gasteiger partial charge >= 0.3 is 5.97 Å². The van der Waals surface area contributed by atoms with Gasteiger partial charge in [-0.05, 0) is 52.8 Å². The summed E-state index contributed by atoms with van der Waals surface area (Å²) in [6.07, 6.45) is -0.642. The summed E-state index contributed by atoms with van der Waals surface area (Å²) in [4.78, 5) is 12.1. The van der Waals surface area contributed by atoms with E-state index in [1.54, 1.807) is 0 Å². The Morgan fingerprint density at radius 3 is 2.15 bits per heavy atom. The minimum absolute atomic E-state index is 0.0813. The fraction of sp³-hybridized carbons (Fsp3) is 0.947. The summed E-state index contributed by atoms with van der Waals surface area (Å²) in [7, 11) is -1.91. The molecule has 1 saturated heterocycles. The van der Waals surface area contributed by atoms with Crippen LogP contribution in [0.3, 0.4) is 0 Å². The van der Waals surface area contributed by atoms with E-state index in [9.17, 15) is 4.79 Å². The first-order valence-electron chi connectivity index (χ1n) is 9.40. The van der Waals surface area contributed by atoms with Crippen molar-refractivity contribution in [3.8, 4) is 0 Å². The molecule has 1 fully saturated rings. The summed E-state index contributed by atoms with van der Waals surface area (Å²) in [5.74, 6) is -1.08. The lowest BCUT2D eigenvalue weighted by Gasteiger charge is -2.37. The van der Waals surface area contributed by atoms with Crippen LogP contribution < -0.4 is 5.73 Å². The molecule has 0 radical (unpaired) electrons. The smallest absolute Gasteiger partial charge is 0.307 e. The zero-order chi connectivity index (χ0) is 20.6. The second kappa shape index (κ2) is 7.87. The van der Waals surface area contributed by atoms with Gasteiger partial charge in [0.25, 0.3) is 0 Å². The van der Waals surface area contributed by atoms with Crippen molar-refractivity contribution in [3.05, 3.63) is 0 Å². The molecular weight excluding hydrogens is 350 g/mol. The SMILES string of the molecule is CC(C)(C)OC(=O)C[C@H](N)[C@@H]1OC(C)(C)O[C@H]1CO[Si](C)(C)C(C)(C)C. The fourth-order valence-electron chi connectivity index (χ4n) is 2.55. The molecule has 6 nitrogen and oxygen atoms in total. The molecule has 0 aromatic heterocycles. The number of hydrogen-bond donors (Lipinski definition) is 1. The number of esters is 1. The van der Waals surface area contributed by atoms with Gasteiger partial charge in [-0.1, -0.05) is 20.8 Å². The van der Waals surface area contributed by atoms with Crippen LogP contribution in [0.1, 0.15) is 61.8 Å². The summed E-state index contributed by atoms with van der Waals surface area (Å²) < 4.78 is 23.7. The molecule has 7 heteroatoms. The standard InChI is InChI=1S/C19H39NO5Si/c1-17(2,3)24-15(21)11-13(20)16-14(23-19(7,8)25-16)12-22-26(9,10)18(4,5)6/h13-14,16H,11-12,20H2,1-10H3/t13-,14-,16-/m0/s1. The molecule has 3 atom stereocenters. The van der Waals surface area contributed by atoms with Crippen LogP contribution in [0, 0.1) is 0 Å². The van der Waals surface area contributed by atoms with Gasteiger partial charge in [0, 0.05) is 6.04 Å².